The van der Waals surface area contributed by atoms with Crippen LogP contribution in [0.4, 0.5) is 0 Å². The Labute approximate surface area is 109 Å². The molecular weight excluding hydrogens is 222 g/mol. The van der Waals surface area contributed by atoms with Gasteiger partial charge in [0.15, 0.2) is 0 Å². The number of rotatable bonds is 4. The van der Waals surface area contributed by atoms with Crippen LogP contribution in [-0.2, 0) is 6.54 Å². The summed E-state index contributed by atoms with van der Waals surface area (Å²) in [6.07, 6.45) is 1.92. The molecule has 0 fully saturated rings. The third kappa shape index (κ3) is 2.99. The van der Waals surface area contributed by atoms with E-state index in [0.717, 1.165) is 18.1 Å². The number of imidazole rings is 1. The summed E-state index contributed by atoms with van der Waals surface area (Å²) in [6, 6.07) is 6.95. The third-order valence-corrected chi connectivity index (χ3v) is 2.99. The lowest BCUT2D eigenvalue weighted by Gasteiger charge is -2.06. The molecule has 0 saturated heterocycles. The Bertz CT molecular complexity index is 526. The van der Waals surface area contributed by atoms with Gasteiger partial charge in [-0.15, -0.1) is 0 Å². The first kappa shape index (κ1) is 12.8. The number of aromatic amines is 1. The molecule has 2 rings (SSSR count). The van der Waals surface area contributed by atoms with E-state index in [-0.39, 0.29) is 0 Å². The zero-order valence-corrected chi connectivity index (χ0v) is 11.5. The van der Waals surface area contributed by atoms with Crippen molar-refractivity contribution in [1.29, 1.82) is 0 Å². The van der Waals surface area contributed by atoms with E-state index in [9.17, 15) is 0 Å². The highest BCUT2D eigenvalue weighted by Crippen LogP contribution is 2.22. The molecule has 2 aromatic rings. The van der Waals surface area contributed by atoms with E-state index in [1.807, 2.05) is 6.20 Å². The summed E-state index contributed by atoms with van der Waals surface area (Å²) < 4.78 is 0. The van der Waals surface area contributed by atoms with Gasteiger partial charge >= 0.3 is 0 Å². The van der Waals surface area contributed by atoms with E-state index in [1.165, 1.54) is 16.7 Å². The lowest BCUT2D eigenvalue weighted by molar-refractivity contribution is 0.575. The normalized spacial score (nSPS) is 11.2. The summed E-state index contributed by atoms with van der Waals surface area (Å²) in [5.74, 6) is 0.986. The Kier molecular flexibility index (Phi) is 3.82. The fourth-order valence-corrected chi connectivity index (χ4v) is 1.92. The second-order valence-electron chi connectivity index (χ2n) is 5.10. The molecule has 2 N–H and O–H groups in total. The molecule has 96 valence electrons. The maximum absolute atomic E-state index is 4.42. The van der Waals surface area contributed by atoms with Crippen LogP contribution in [0.2, 0.25) is 0 Å². The molecule has 0 atom stereocenters. The van der Waals surface area contributed by atoms with E-state index in [1.54, 1.807) is 0 Å². The van der Waals surface area contributed by atoms with Crippen molar-refractivity contribution < 1.29 is 0 Å². The average molecular weight is 243 g/mol. The van der Waals surface area contributed by atoms with Gasteiger partial charge in [0.2, 0.25) is 0 Å². The van der Waals surface area contributed by atoms with Crippen LogP contribution in [0.25, 0.3) is 11.3 Å². The van der Waals surface area contributed by atoms with Gasteiger partial charge in [-0.1, -0.05) is 31.5 Å². The molecule has 3 nitrogen and oxygen atoms in total. The molecule has 0 radical (unpaired) electrons. The first-order chi connectivity index (χ1) is 8.56. The summed E-state index contributed by atoms with van der Waals surface area (Å²) in [5.41, 5.74) is 4.87. The first-order valence-electron chi connectivity index (χ1n) is 6.41. The lowest BCUT2D eigenvalue weighted by atomic mass is 10.0. The summed E-state index contributed by atoms with van der Waals surface area (Å²) in [4.78, 5) is 7.80. The summed E-state index contributed by atoms with van der Waals surface area (Å²) >= 11 is 0. The van der Waals surface area contributed by atoms with Crippen LogP contribution in [0, 0.1) is 13.8 Å². The molecule has 0 aliphatic carbocycles. The maximum Gasteiger partial charge on any atom is 0.120 e. The number of nitrogens with zero attached hydrogens (tertiary/aromatic N) is 1. The number of hydrogen-bond acceptors (Lipinski definition) is 2. The van der Waals surface area contributed by atoms with Gasteiger partial charge in [-0.25, -0.2) is 4.98 Å². The number of benzene rings is 1. The molecule has 0 unspecified atom stereocenters. The zero-order valence-electron chi connectivity index (χ0n) is 11.5. The van der Waals surface area contributed by atoms with Crippen molar-refractivity contribution in [3.8, 4) is 11.3 Å². The molecule has 18 heavy (non-hydrogen) atoms. The number of aryl methyl sites for hydroxylation is 2. The fraction of sp³-hybridized carbons (Fsp3) is 0.400. The SMILES string of the molecule is Cc1ccc(C)c(-c2cnc(CNC(C)C)[nH]2)c1. The highest BCUT2D eigenvalue weighted by atomic mass is 15.0. The lowest BCUT2D eigenvalue weighted by Crippen LogP contribution is -2.22. The second kappa shape index (κ2) is 5.36. The van der Waals surface area contributed by atoms with Gasteiger partial charge in [0.25, 0.3) is 0 Å². The van der Waals surface area contributed by atoms with Crippen molar-refractivity contribution in [2.24, 2.45) is 0 Å². The molecule has 0 aliphatic heterocycles. The van der Waals surface area contributed by atoms with Crippen LogP contribution in [0.15, 0.2) is 24.4 Å². The molecule has 0 aliphatic rings. The molecule has 0 bridgehead atoms. The van der Waals surface area contributed by atoms with E-state index in [0.29, 0.717) is 6.04 Å². The van der Waals surface area contributed by atoms with Gasteiger partial charge in [-0.3, -0.25) is 0 Å². The van der Waals surface area contributed by atoms with Crippen LogP contribution >= 0.6 is 0 Å². The van der Waals surface area contributed by atoms with Gasteiger partial charge in [0, 0.05) is 11.6 Å². The van der Waals surface area contributed by atoms with Crippen molar-refractivity contribution in [3.63, 3.8) is 0 Å². The largest absolute Gasteiger partial charge is 0.341 e. The van der Waals surface area contributed by atoms with Gasteiger partial charge in [-0.05, 0) is 25.5 Å². The minimum absolute atomic E-state index is 0.472. The standard InChI is InChI=1S/C15H21N3/c1-10(2)16-9-15-17-8-14(18-15)13-7-11(3)5-6-12(13)4/h5-8,10,16H,9H2,1-4H3,(H,17,18). The van der Waals surface area contributed by atoms with Crippen LogP contribution in [0.3, 0.4) is 0 Å². The van der Waals surface area contributed by atoms with Gasteiger partial charge in [-0.2, -0.15) is 0 Å². The Balaban J connectivity index is 2.21. The van der Waals surface area contributed by atoms with Gasteiger partial charge in [0.1, 0.15) is 5.82 Å². The smallest absolute Gasteiger partial charge is 0.120 e. The van der Waals surface area contributed by atoms with Crippen LogP contribution < -0.4 is 5.32 Å². The molecule has 3 heteroatoms. The molecule has 1 aromatic heterocycles. The van der Waals surface area contributed by atoms with E-state index >= 15 is 0 Å². The zero-order chi connectivity index (χ0) is 13.1. The van der Waals surface area contributed by atoms with Crippen molar-refractivity contribution >= 4 is 0 Å². The quantitative estimate of drug-likeness (QED) is 0.865. The molecule has 1 heterocycles. The topological polar surface area (TPSA) is 40.7 Å². The highest BCUT2D eigenvalue weighted by molar-refractivity contribution is 5.63. The fourth-order valence-electron chi connectivity index (χ4n) is 1.92. The molecule has 1 aromatic carbocycles. The Morgan fingerprint density at radius 3 is 2.78 bits per heavy atom. The summed E-state index contributed by atoms with van der Waals surface area (Å²) in [5, 5.41) is 3.36. The Hall–Kier alpha value is -1.61. The Morgan fingerprint density at radius 2 is 2.06 bits per heavy atom. The highest BCUT2D eigenvalue weighted by Gasteiger charge is 2.06. The van der Waals surface area contributed by atoms with Crippen molar-refractivity contribution in [2.75, 3.05) is 0 Å². The predicted molar refractivity (Wildman–Crippen MR) is 75.5 cm³/mol. The van der Waals surface area contributed by atoms with E-state index in [2.05, 4.69) is 61.2 Å². The first-order valence-corrected chi connectivity index (χ1v) is 6.41. The van der Waals surface area contributed by atoms with Crippen molar-refractivity contribution in [3.05, 3.63) is 41.3 Å². The molecule has 0 spiro atoms. The maximum atomic E-state index is 4.42. The second-order valence-corrected chi connectivity index (χ2v) is 5.10. The minimum Gasteiger partial charge on any atom is -0.341 e. The van der Waals surface area contributed by atoms with Crippen LogP contribution in [0.5, 0.6) is 0 Å². The molecule has 0 amide bonds. The average Bonchev–Trinajstić information content (AvgIpc) is 2.78. The van der Waals surface area contributed by atoms with E-state index < -0.39 is 0 Å². The number of aromatic nitrogens is 2. The molecule has 0 saturated carbocycles. The van der Waals surface area contributed by atoms with Gasteiger partial charge in [0.05, 0.1) is 18.4 Å². The van der Waals surface area contributed by atoms with Gasteiger partial charge < -0.3 is 10.3 Å². The number of hydrogen-bond donors (Lipinski definition) is 2. The molecular formula is C15H21N3. The third-order valence-electron chi connectivity index (χ3n) is 2.99. The van der Waals surface area contributed by atoms with Crippen molar-refractivity contribution in [1.82, 2.24) is 15.3 Å². The summed E-state index contributed by atoms with van der Waals surface area (Å²) in [6.45, 7) is 9.29. The minimum atomic E-state index is 0.472. The number of H-pyrrole nitrogens is 1. The monoisotopic (exact) mass is 243 g/mol. The summed E-state index contributed by atoms with van der Waals surface area (Å²) in [7, 11) is 0. The Morgan fingerprint density at radius 1 is 1.28 bits per heavy atom. The van der Waals surface area contributed by atoms with Crippen molar-refractivity contribution in [2.45, 2.75) is 40.3 Å². The number of nitrogens with one attached hydrogen (secondary N) is 2. The van der Waals surface area contributed by atoms with Crippen LogP contribution in [0.1, 0.15) is 30.8 Å². The van der Waals surface area contributed by atoms with E-state index in [4.69, 9.17) is 0 Å². The van der Waals surface area contributed by atoms with Crippen LogP contribution in [-0.4, -0.2) is 16.0 Å². The predicted octanol–water partition coefficient (Wildman–Crippen LogP) is 3.19.